The van der Waals surface area contributed by atoms with Crippen molar-refractivity contribution in [1.82, 2.24) is 20.1 Å². The van der Waals surface area contributed by atoms with Crippen LogP contribution in [0.25, 0.3) is 0 Å². The van der Waals surface area contributed by atoms with E-state index < -0.39 is 66.0 Å². The highest BCUT2D eigenvalue weighted by molar-refractivity contribution is 8.00. The first-order valence-electron chi connectivity index (χ1n) is 11.9. The third kappa shape index (κ3) is 7.43. The standard InChI is InChI=1S/C23H29FN6O9S2/c1-23(2,3)20(34)38-10-37-19(33)15-11(6-36-22(35)29(4)5)7-40-18-14(17(32)30(15)18)27-16(31)13(28-39-9-24)12-8-41-21(25)26-12/h8,14,18H,6-7,9-10H2,1-5H3,(H2,25,26)(H,27,31)/b28-13-/t14-,18-/m1/s1. The molecule has 15 nitrogen and oxygen atoms in total. The van der Waals surface area contributed by atoms with Crippen molar-refractivity contribution < 1.29 is 47.4 Å². The Morgan fingerprint density at radius 1 is 1.24 bits per heavy atom. The zero-order valence-corrected chi connectivity index (χ0v) is 24.4. The predicted molar refractivity (Wildman–Crippen MR) is 144 cm³/mol. The van der Waals surface area contributed by atoms with Crippen LogP contribution in [-0.4, -0.2) is 102 Å². The van der Waals surface area contributed by atoms with Gasteiger partial charge in [-0.05, 0) is 20.8 Å². The Labute approximate surface area is 242 Å². The number of rotatable bonds is 10. The number of anilines is 1. The van der Waals surface area contributed by atoms with Gasteiger partial charge in [0.25, 0.3) is 18.7 Å². The second kappa shape index (κ2) is 13.2. The van der Waals surface area contributed by atoms with Gasteiger partial charge in [-0.25, -0.2) is 19.0 Å². The van der Waals surface area contributed by atoms with E-state index in [1.807, 2.05) is 0 Å². The molecule has 0 unspecified atom stereocenters. The third-order valence-corrected chi connectivity index (χ3v) is 7.45. The van der Waals surface area contributed by atoms with Crippen molar-refractivity contribution in [2.45, 2.75) is 32.2 Å². The average molecular weight is 617 g/mol. The fourth-order valence-electron chi connectivity index (χ4n) is 3.38. The molecule has 18 heteroatoms. The molecule has 0 radical (unpaired) electrons. The molecule has 3 rings (SSSR count). The fourth-order valence-corrected chi connectivity index (χ4v) is 5.26. The lowest BCUT2D eigenvalue weighted by Crippen LogP contribution is -2.71. The highest BCUT2D eigenvalue weighted by Gasteiger charge is 2.55. The molecule has 1 aromatic rings. The van der Waals surface area contributed by atoms with Crippen molar-refractivity contribution in [2.75, 3.05) is 45.8 Å². The summed E-state index contributed by atoms with van der Waals surface area (Å²) in [5, 5.41) is 6.72. The summed E-state index contributed by atoms with van der Waals surface area (Å²) in [4.78, 5) is 73.9. The summed E-state index contributed by atoms with van der Waals surface area (Å²) in [5.41, 5.74) is 4.44. The quantitative estimate of drug-likeness (QED) is 0.124. The minimum absolute atomic E-state index is 0.0114. The number of esters is 2. The smallest absolute Gasteiger partial charge is 0.409 e. The number of hydrogen-bond donors (Lipinski definition) is 2. The lowest BCUT2D eigenvalue weighted by Gasteiger charge is -2.49. The number of carbonyl (C=O) groups excluding carboxylic acids is 5. The van der Waals surface area contributed by atoms with E-state index >= 15 is 0 Å². The number of nitrogens with zero attached hydrogens (tertiary/aromatic N) is 4. The minimum atomic E-state index is -1.31. The maximum Gasteiger partial charge on any atom is 0.409 e. The van der Waals surface area contributed by atoms with Gasteiger partial charge in [-0.15, -0.1) is 23.1 Å². The Morgan fingerprint density at radius 3 is 2.54 bits per heavy atom. The number of nitrogens with one attached hydrogen (secondary N) is 1. The van der Waals surface area contributed by atoms with Crippen LogP contribution in [-0.2, 0) is 38.2 Å². The number of halogens is 1. The van der Waals surface area contributed by atoms with Crippen molar-refractivity contribution in [1.29, 1.82) is 0 Å². The minimum Gasteiger partial charge on any atom is -0.445 e. The van der Waals surface area contributed by atoms with E-state index in [4.69, 9.17) is 19.9 Å². The van der Waals surface area contributed by atoms with E-state index in [-0.39, 0.29) is 34.5 Å². The summed E-state index contributed by atoms with van der Waals surface area (Å²) in [6.07, 6.45) is -0.679. The summed E-state index contributed by atoms with van der Waals surface area (Å²) in [5.74, 6) is -3.06. The van der Waals surface area contributed by atoms with Gasteiger partial charge >= 0.3 is 18.0 Å². The number of carbonyl (C=O) groups is 5. The second-order valence-corrected chi connectivity index (χ2v) is 11.7. The maximum absolute atomic E-state index is 13.2. The largest absolute Gasteiger partial charge is 0.445 e. The van der Waals surface area contributed by atoms with E-state index in [9.17, 15) is 28.4 Å². The molecular formula is C23H29FN6O9S2. The lowest BCUT2D eigenvalue weighted by molar-refractivity contribution is -0.173. The van der Waals surface area contributed by atoms with Gasteiger partial charge in [-0.3, -0.25) is 19.3 Å². The van der Waals surface area contributed by atoms with Gasteiger partial charge in [-0.1, -0.05) is 5.16 Å². The van der Waals surface area contributed by atoms with Crippen molar-refractivity contribution in [2.24, 2.45) is 10.6 Å². The van der Waals surface area contributed by atoms with Crippen LogP contribution < -0.4 is 11.1 Å². The molecule has 2 aliphatic rings. The average Bonchev–Trinajstić information content (AvgIpc) is 3.34. The molecule has 3 N–H and O–H groups in total. The van der Waals surface area contributed by atoms with Gasteiger partial charge in [0.2, 0.25) is 6.79 Å². The SMILES string of the molecule is CN(C)C(=O)OCC1=C(C(=O)OCOC(=O)C(C)(C)C)N2C(=O)[C@@H](NC(=O)/C(=N\OCF)c3csc(N)n3)[C@H]2SC1. The number of oxime groups is 1. The molecule has 0 saturated carbocycles. The van der Waals surface area contributed by atoms with Gasteiger partial charge in [-0.2, -0.15) is 0 Å². The first-order valence-corrected chi connectivity index (χ1v) is 13.8. The van der Waals surface area contributed by atoms with Crippen molar-refractivity contribution in [3.05, 3.63) is 22.3 Å². The van der Waals surface area contributed by atoms with Gasteiger partial charge in [0.1, 0.15) is 29.4 Å². The lowest BCUT2D eigenvalue weighted by atomic mass is 9.98. The van der Waals surface area contributed by atoms with E-state index in [1.54, 1.807) is 20.8 Å². The molecule has 3 amide bonds. The molecule has 224 valence electrons. The molecule has 0 aliphatic carbocycles. The van der Waals surface area contributed by atoms with Crippen LogP contribution in [0.5, 0.6) is 0 Å². The molecule has 1 fully saturated rings. The second-order valence-electron chi connectivity index (χ2n) is 9.74. The number of nitrogen functional groups attached to an aromatic ring is 1. The van der Waals surface area contributed by atoms with Gasteiger partial charge in [0.15, 0.2) is 10.8 Å². The molecule has 3 heterocycles. The van der Waals surface area contributed by atoms with Gasteiger partial charge in [0, 0.05) is 30.8 Å². The van der Waals surface area contributed by atoms with E-state index in [0.29, 0.717) is 0 Å². The van der Waals surface area contributed by atoms with Crippen LogP contribution in [0.4, 0.5) is 14.3 Å². The van der Waals surface area contributed by atoms with Crippen LogP contribution in [0.2, 0.25) is 0 Å². The van der Waals surface area contributed by atoms with Crippen LogP contribution in [0, 0.1) is 5.41 Å². The van der Waals surface area contributed by atoms with Crippen molar-refractivity contribution >= 4 is 63.8 Å². The monoisotopic (exact) mass is 616 g/mol. The number of β-lactam (4-membered cyclic amide) rings is 1. The Morgan fingerprint density at radius 2 is 1.95 bits per heavy atom. The first-order chi connectivity index (χ1) is 19.3. The third-order valence-electron chi connectivity index (χ3n) is 5.44. The first kappa shape index (κ1) is 31.6. The normalized spacial score (nSPS) is 18.6. The Bertz CT molecular complexity index is 1280. The summed E-state index contributed by atoms with van der Waals surface area (Å²) < 4.78 is 27.9. The number of aromatic nitrogens is 1. The molecule has 1 saturated heterocycles. The molecular weight excluding hydrogens is 587 g/mol. The fraction of sp³-hybridized carbons (Fsp3) is 0.522. The molecule has 0 spiro atoms. The number of hydrogen-bond acceptors (Lipinski definition) is 14. The molecule has 41 heavy (non-hydrogen) atoms. The summed E-state index contributed by atoms with van der Waals surface area (Å²) >= 11 is 2.20. The van der Waals surface area contributed by atoms with Crippen LogP contribution >= 0.6 is 23.1 Å². The van der Waals surface area contributed by atoms with Crippen molar-refractivity contribution in [3.8, 4) is 0 Å². The summed E-state index contributed by atoms with van der Waals surface area (Å²) in [7, 11) is 2.95. The van der Waals surface area contributed by atoms with Crippen molar-refractivity contribution in [3.63, 3.8) is 0 Å². The number of fused-ring (bicyclic) bond motifs is 1. The number of amides is 3. The summed E-state index contributed by atoms with van der Waals surface area (Å²) in [6, 6.07) is -1.12. The Kier molecular flexibility index (Phi) is 10.1. The molecule has 1 aromatic heterocycles. The maximum atomic E-state index is 13.2. The van der Waals surface area contributed by atoms with E-state index in [1.165, 1.54) is 36.1 Å². The number of nitrogens with two attached hydrogens (primary N) is 1. The highest BCUT2D eigenvalue weighted by atomic mass is 32.2. The number of thioether (sulfide) groups is 1. The van der Waals surface area contributed by atoms with Crippen LogP contribution in [0.1, 0.15) is 26.5 Å². The van der Waals surface area contributed by atoms with Gasteiger partial charge in [0.05, 0.1) is 5.41 Å². The van der Waals surface area contributed by atoms with Crippen LogP contribution in [0.15, 0.2) is 21.8 Å². The highest BCUT2D eigenvalue weighted by Crippen LogP contribution is 2.41. The topological polar surface area (TPSA) is 192 Å². The van der Waals surface area contributed by atoms with E-state index in [2.05, 4.69) is 20.3 Å². The zero-order valence-electron chi connectivity index (χ0n) is 22.8. The van der Waals surface area contributed by atoms with E-state index in [0.717, 1.165) is 16.2 Å². The van der Waals surface area contributed by atoms with Crippen LogP contribution in [0.3, 0.4) is 0 Å². The molecule has 0 aromatic carbocycles. The Hall–Kier alpha value is -3.93. The molecule has 2 aliphatic heterocycles. The zero-order chi connectivity index (χ0) is 30.5. The number of thiazole rings is 1. The molecule has 0 bridgehead atoms. The number of alkyl halides is 1. The van der Waals surface area contributed by atoms with Gasteiger partial charge < -0.3 is 35.0 Å². The summed E-state index contributed by atoms with van der Waals surface area (Å²) in [6.45, 7) is 2.51. The molecule has 2 atom stereocenters. The Balaban J connectivity index is 1.79. The predicted octanol–water partition coefficient (Wildman–Crippen LogP) is 0.815. The number of ether oxygens (including phenoxy) is 3.